The Kier molecular flexibility index (Phi) is 76.3. The van der Waals surface area contributed by atoms with Gasteiger partial charge in [-0.3, -0.25) is 9.59 Å². The molecule has 5 unspecified atom stereocenters. The van der Waals surface area contributed by atoms with Gasteiger partial charge >= 0.3 is 11.9 Å². The highest BCUT2D eigenvalue weighted by molar-refractivity contribution is 9.11. The lowest BCUT2D eigenvalue weighted by molar-refractivity contribution is -0.157. The Bertz CT molecular complexity index is 4170. The minimum absolute atomic E-state index is 0. The van der Waals surface area contributed by atoms with Crippen molar-refractivity contribution in [3.63, 3.8) is 0 Å². The Balaban J connectivity index is -0.000000120. The van der Waals surface area contributed by atoms with Crippen molar-refractivity contribution in [2.24, 2.45) is 10.8 Å². The van der Waals surface area contributed by atoms with Gasteiger partial charge in [-0.2, -0.15) is 0 Å². The molecule has 0 saturated heterocycles. The first-order chi connectivity index (χ1) is 47.7. The summed E-state index contributed by atoms with van der Waals surface area (Å²) in [5, 5.41) is 30.2. The second-order valence-electron chi connectivity index (χ2n) is 28.0. The standard InChI is InChI=1S/C15H16Br2.C14H14Br2.3C14H15Br.C9H18O3.C8H16O3.14CH4/c1-4-15(2,3)10-5-6-11-12(9-10)14(17)8-7-13(11)16;1-3-9(2)10-4-5-11-12(8-10)14(16)7-6-13(11)15;1-3-10(2)11-7-8-13-12(9-11)5-4-6-14(13)15;2*1-3-10(2)12-8-7-11-5-4-6-14(15)13(11)9-12;1-5-9(3,4)8(11)12-6-7(2)10;1-4-8(2,3)7(10)11-6-5-9;;;;;;;;;;;;;;/h5-9H,4H2,1-3H3;4-9H,3H2,1-2H3;3*4-10H,3H2,1-2H3;7,10H,5-6H2,1-4H3;9H,4-6H2,1-3H3;14*1H4. The SMILES string of the molecule is C.C.C.C.C.C.C.C.C.C.C.C.C.C.CCC(C)(C)C(=O)OCC(C)O.CCC(C)(C)C(=O)OCCO.CCC(C)(C)c1ccc2c(Br)ccc(Br)c2c1.CCC(C)c1ccc2c(Br)ccc(Br)c2c1.CCC(C)c1ccc2c(Br)cccc2c1.CCC(C)c1ccc2cccc(Br)c2c1.CCC(C)c1ccc2cccc(Br)c2c1. The third kappa shape index (κ3) is 40.8. The Morgan fingerprint density at radius 1 is 0.330 bits per heavy atom. The van der Waals surface area contributed by atoms with E-state index in [2.05, 4.69) is 358 Å². The minimum Gasteiger partial charge on any atom is -0.463 e. The zero-order chi connectivity index (χ0) is 75.5. The van der Waals surface area contributed by atoms with Crippen molar-refractivity contribution >= 4 is 177 Å². The molecule has 0 bridgehead atoms. The molecule has 0 heterocycles. The summed E-state index contributed by atoms with van der Waals surface area (Å²) in [5.74, 6) is 2.06. The summed E-state index contributed by atoms with van der Waals surface area (Å²) in [4.78, 5) is 22.4. The number of hydrogen-bond acceptors (Lipinski definition) is 6. The van der Waals surface area contributed by atoms with Crippen LogP contribution in [0.15, 0.2) is 201 Å². The monoisotopic (exact) mass is 2040 g/mol. The maximum Gasteiger partial charge on any atom is 0.311 e. The van der Waals surface area contributed by atoms with Gasteiger partial charge in [-0.25, -0.2) is 0 Å². The molecule has 0 fully saturated rings. The molecule has 0 amide bonds. The molecule has 2 N–H and O–H groups in total. The van der Waals surface area contributed by atoms with Crippen molar-refractivity contribution in [2.75, 3.05) is 19.8 Å². The van der Waals surface area contributed by atoms with Crippen LogP contribution in [0.25, 0.3) is 53.9 Å². The molecular formula is C102H165Br7O6. The molecule has 0 aromatic heterocycles. The van der Waals surface area contributed by atoms with Crippen LogP contribution in [0.1, 0.15) is 325 Å². The number of aliphatic hydroxyl groups excluding tert-OH is 2. The zero-order valence-corrected chi connectivity index (χ0v) is 73.9. The smallest absolute Gasteiger partial charge is 0.311 e. The highest BCUT2D eigenvalue weighted by atomic mass is 79.9. The highest BCUT2D eigenvalue weighted by Gasteiger charge is 2.28. The first kappa shape index (κ1) is 134. The minimum atomic E-state index is -0.582. The highest BCUT2D eigenvalue weighted by Crippen LogP contribution is 2.38. The van der Waals surface area contributed by atoms with Gasteiger partial charge < -0.3 is 19.7 Å². The van der Waals surface area contributed by atoms with Crippen LogP contribution in [-0.2, 0) is 24.5 Å². The average Bonchev–Trinajstić information content (AvgIpc) is 0.766. The summed E-state index contributed by atoms with van der Waals surface area (Å²) >= 11 is 25.2. The van der Waals surface area contributed by atoms with Gasteiger partial charge in [0.1, 0.15) is 13.2 Å². The molecule has 0 radical (unpaired) electrons. The van der Waals surface area contributed by atoms with E-state index < -0.39 is 16.9 Å². The van der Waals surface area contributed by atoms with E-state index >= 15 is 0 Å². The van der Waals surface area contributed by atoms with Crippen molar-refractivity contribution in [3.8, 4) is 0 Å². The van der Waals surface area contributed by atoms with Crippen molar-refractivity contribution < 1.29 is 29.3 Å². The quantitative estimate of drug-likeness (QED) is 0.0832. The molecule has 0 saturated carbocycles. The van der Waals surface area contributed by atoms with E-state index in [-0.39, 0.29) is 141 Å². The van der Waals surface area contributed by atoms with Crippen LogP contribution >= 0.6 is 112 Å². The molecule has 0 aliphatic rings. The predicted octanol–water partition coefficient (Wildman–Crippen LogP) is 38.5. The van der Waals surface area contributed by atoms with Crippen molar-refractivity contribution in [1.29, 1.82) is 0 Å². The van der Waals surface area contributed by atoms with Gasteiger partial charge in [-0.15, -0.1) is 0 Å². The van der Waals surface area contributed by atoms with Gasteiger partial charge in [0, 0.05) is 31.3 Å². The van der Waals surface area contributed by atoms with Crippen LogP contribution < -0.4 is 0 Å². The zero-order valence-electron chi connectivity index (χ0n) is 62.8. The van der Waals surface area contributed by atoms with Crippen molar-refractivity contribution in [1.82, 2.24) is 0 Å². The normalized spacial score (nSPS) is 11.2. The van der Waals surface area contributed by atoms with Gasteiger partial charge in [0.2, 0.25) is 0 Å². The van der Waals surface area contributed by atoms with E-state index in [0.29, 0.717) is 23.7 Å². The second-order valence-corrected chi connectivity index (χ2v) is 34.0. The number of halogens is 7. The first-order valence-electron chi connectivity index (χ1n) is 35.6. The number of esters is 2. The van der Waals surface area contributed by atoms with E-state index in [0.717, 1.165) is 37.2 Å². The Morgan fingerprint density at radius 3 is 0.957 bits per heavy atom. The summed E-state index contributed by atoms with van der Waals surface area (Å²) in [7, 11) is 0. The van der Waals surface area contributed by atoms with Gasteiger partial charge in [0.15, 0.2) is 0 Å². The van der Waals surface area contributed by atoms with Crippen LogP contribution in [0, 0.1) is 10.8 Å². The molecule has 658 valence electrons. The fraction of sp³-hybridized carbons (Fsp3) is 0.490. The number of hydrogen-bond donors (Lipinski definition) is 2. The molecular weight excluding hydrogens is 1880 g/mol. The lowest BCUT2D eigenvalue weighted by atomic mass is 9.81. The van der Waals surface area contributed by atoms with E-state index in [1.807, 2.05) is 41.5 Å². The number of fused-ring (bicyclic) bond motifs is 5. The first-order valence-corrected chi connectivity index (χ1v) is 41.2. The topological polar surface area (TPSA) is 93.1 Å². The molecule has 5 atom stereocenters. The molecule has 0 spiro atoms. The number of aliphatic hydroxyl groups is 2. The average molecular weight is 2050 g/mol. The Morgan fingerprint density at radius 2 is 0.617 bits per heavy atom. The molecule has 10 aromatic carbocycles. The van der Waals surface area contributed by atoms with E-state index in [9.17, 15) is 9.59 Å². The van der Waals surface area contributed by atoms with E-state index in [4.69, 9.17) is 19.7 Å². The maximum atomic E-state index is 11.3. The molecule has 0 aliphatic heterocycles. The molecule has 6 nitrogen and oxygen atoms in total. The molecule has 0 aliphatic carbocycles. The summed E-state index contributed by atoms with van der Waals surface area (Å²) in [6, 6.07) is 61.1. The molecule has 10 aromatic rings. The lowest BCUT2D eigenvalue weighted by Gasteiger charge is -2.24. The fourth-order valence-electron chi connectivity index (χ4n) is 10.1. The Labute approximate surface area is 767 Å². The van der Waals surface area contributed by atoms with Gasteiger partial charge in [0.25, 0.3) is 0 Å². The number of ether oxygens (including phenoxy) is 2. The largest absolute Gasteiger partial charge is 0.463 e. The maximum absolute atomic E-state index is 11.3. The summed E-state index contributed by atoms with van der Waals surface area (Å²) < 4.78 is 17.8. The van der Waals surface area contributed by atoms with Gasteiger partial charge in [-0.1, -0.05) is 409 Å². The number of carbonyl (C=O) groups is 2. The number of carbonyl (C=O) groups excluding carboxylic acids is 2. The fourth-order valence-corrected chi connectivity index (χ4v) is 13.5. The van der Waals surface area contributed by atoms with Crippen molar-refractivity contribution in [3.05, 3.63) is 229 Å². The Hall–Kier alpha value is -4.28. The van der Waals surface area contributed by atoms with Crippen LogP contribution in [0.2, 0.25) is 0 Å². The lowest BCUT2D eigenvalue weighted by Crippen LogP contribution is -2.28. The van der Waals surface area contributed by atoms with Crippen LogP contribution in [0.5, 0.6) is 0 Å². The third-order valence-electron chi connectivity index (χ3n) is 19.4. The van der Waals surface area contributed by atoms with E-state index in [1.165, 1.54) is 121 Å². The van der Waals surface area contributed by atoms with Gasteiger partial charge in [-0.05, 0) is 257 Å². The number of rotatable bonds is 18. The summed E-state index contributed by atoms with van der Waals surface area (Å²) in [6.07, 6.45) is 6.80. The van der Waals surface area contributed by atoms with Crippen LogP contribution in [0.4, 0.5) is 0 Å². The summed E-state index contributed by atoms with van der Waals surface area (Å²) in [5.41, 5.74) is 6.47. The van der Waals surface area contributed by atoms with E-state index in [1.54, 1.807) is 6.92 Å². The molecule has 13 heteroatoms. The van der Waals surface area contributed by atoms with Crippen LogP contribution in [-0.4, -0.2) is 48.1 Å². The third-order valence-corrected chi connectivity index (χ3v) is 24.3. The van der Waals surface area contributed by atoms with Crippen molar-refractivity contribution in [2.45, 2.75) is 309 Å². The second kappa shape index (κ2) is 65.5. The summed E-state index contributed by atoms with van der Waals surface area (Å²) in [6.45, 7) is 37.7. The van der Waals surface area contributed by atoms with Gasteiger partial charge in [0.05, 0.1) is 23.5 Å². The number of benzene rings is 10. The molecule has 10 rings (SSSR count). The molecule has 115 heavy (non-hydrogen) atoms. The predicted molar refractivity (Wildman–Crippen MR) is 555 cm³/mol. The van der Waals surface area contributed by atoms with Crippen LogP contribution in [0.3, 0.4) is 0 Å².